The number of hydrogen-bond donors (Lipinski definition) is 2. The number of alkyl halides is 4. The summed E-state index contributed by atoms with van der Waals surface area (Å²) in [7, 11) is 2.06. The molecule has 176 valence electrons. The molecule has 1 aliphatic carbocycles. The average Bonchev–Trinajstić information content (AvgIpc) is 3.26. The second-order valence-corrected chi connectivity index (χ2v) is 10.8. The Morgan fingerprint density at radius 2 is 2.06 bits per heavy atom. The minimum absolute atomic E-state index is 0.0114. The van der Waals surface area contributed by atoms with Crippen molar-refractivity contribution in [1.29, 1.82) is 0 Å². The molecule has 5 rings (SSSR count). The van der Waals surface area contributed by atoms with Crippen molar-refractivity contribution in [2.75, 3.05) is 26.9 Å². The predicted octanol–water partition coefficient (Wildman–Crippen LogP) is 2.95. The van der Waals surface area contributed by atoms with Crippen LogP contribution in [-0.4, -0.2) is 51.8 Å². The van der Waals surface area contributed by atoms with Gasteiger partial charge in [-0.25, -0.2) is 15.6 Å². The molecule has 0 bridgehead atoms. The molecule has 3 fully saturated rings. The van der Waals surface area contributed by atoms with Crippen molar-refractivity contribution in [3.8, 4) is 0 Å². The lowest BCUT2D eigenvalue weighted by molar-refractivity contribution is -0.166. The Morgan fingerprint density at radius 1 is 1.28 bits per heavy atom. The van der Waals surface area contributed by atoms with Gasteiger partial charge in [0.2, 0.25) is 0 Å². The lowest BCUT2D eigenvalue weighted by Crippen LogP contribution is -2.55. The Morgan fingerprint density at radius 3 is 2.69 bits per heavy atom. The Hall–Kier alpha value is -1.40. The van der Waals surface area contributed by atoms with Gasteiger partial charge in [-0.1, -0.05) is 15.9 Å². The topological polar surface area (TPSA) is 62.9 Å². The van der Waals surface area contributed by atoms with E-state index in [2.05, 4.69) is 38.7 Å². The zero-order chi connectivity index (χ0) is 22.7. The number of aromatic nitrogens is 2. The number of ether oxygens (including phenoxy) is 1. The fourth-order valence-electron chi connectivity index (χ4n) is 5.57. The van der Waals surface area contributed by atoms with Crippen LogP contribution < -0.4 is 16.5 Å². The summed E-state index contributed by atoms with van der Waals surface area (Å²) >= 11 is 3.77. The zero-order valence-electron chi connectivity index (χ0n) is 17.7. The highest BCUT2D eigenvalue weighted by Gasteiger charge is 2.50. The molecule has 2 aromatic heterocycles. The Labute approximate surface area is 192 Å². The second-order valence-electron chi connectivity index (χ2n) is 9.46. The molecule has 1 saturated carbocycles. The lowest BCUT2D eigenvalue weighted by Gasteiger charge is -2.52. The van der Waals surface area contributed by atoms with Crippen LogP contribution in [0.4, 0.5) is 13.2 Å². The predicted molar refractivity (Wildman–Crippen MR) is 116 cm³/mol. The molecule has 3 aliphatic rings. The van der Waals surface area contributed by atoms with Crippen molar-refractivity contribution in [2.24, 2.45) is 11.3 Å². The van der Waals surface area contributed by atoms with Gasteiger partial charge in [0.15, 0.2) is 0 Å². The largest absolute Gasteiger partial charge is 0.418 e. The molecule has 11 heteroatoms. The van der Waals surface area contributed by atoms with E-state index in [-0.39, 0.29) is 28.0 Å². The van der Waals surface area contributed by atoms with Crippen LogP contribution in [0.25, 0.3) is 5.52 Å². The second kappa shape index (κ2) is 8.12. The van der Waals surface area contributed by atoms with Gasteiger partial charge < -0.3 is 4.74 Å². The third kappa shape index (κ3) is 3.81. The quantitative estimate of drug-likeness (QED) is 0.610. The molecular formula is C21H27BrF3N5O2. The van der Waals surface area contributed by atoms with E-state index in [9.17, 15) is 18.0 Å². The van der Waals surface area contributed by atoms with E-state index in [1.54, 1.807) is 0 Å². The highest BCUT2D eigenvalue weighted by atomic mass is 79.9. The summed E-state index contributed by atoms with van der Waals surface area (Å²) in [5.41, 5.74) is 5.17. The maximum Gasteiger partial charge on any atom is 0.418 e. The number of nitrogens with one attached hydrogen (secondary N) is 2. The van der Waals surface area contributed by atoms with Gasteiger partial charge in [-0.3, -0.25) is 13.9 Å². The molecule has 2 N–H and O–H groups in total. The standard InChI is InChI=1S/C21H27BrF3N5O2/c1-28-12-26-27-18(28)8-20(10-32-11-20)13-5-14(22)7-15(6-13)30-9-17-16(21(23,24)25)3-2-4-29(17)19(30)31/h2-4,9,13-15,18,26-27H,5-8,10-12H2,1H3. The first-order valence-electron chi connectivity index (χ1n) is 10.9. The van der Waals surface area contributed by atoms with Gasteiger partial charge in [-0.05, 0) is 50.8 Å². The first-order valence-corrected chi connectivity index (χ1v) is 11.8. The number of hydrogen-bond acceptors (Lipinski definition) is 5. The molecule has 0 radical (unpaired) electrons. The lowest BCUT2D eigenvalue weighted by atomic mass is 9.64. The third-order valence-electron chi connectivity index (χ3n) is 7.42. The molecule has 0 aromatic carbocycles. The minimum atomic E-state index is -4.51. The molecule has 4 heterocycles. The Kier molecular flexibility index (Phi) is 5.68. The molecule has 2 saturated heterocycles. The number of fused-ring (bicyclic) bond motifs is 1. The van der Waals surface area contributed by atoms with E-state index >= 15 is 0 Å². The first-order chi connectivity index (χ1) is 15.2. The minimum Gasteiger partial charge on any atom is -0.380 e. The van der Waals surface area contributed by atoms with E-state index in [0.717, 1.165) is 36.4 Å². The molecule has 2 aromatic rings. The van der Waals surface area contributed by atoms with Crippen molar-refractivity contribution in [2.45, 2.75) is 48.9 Å². The van der Waals surface area contributed by atoms with Crippen LogP contribution in [0.2, 0.25) is 0 Å². The van der Waals surface area contributed by atoms with Gasteiger partial charge in [0, 0.05) is 28.7 Å². The Balaban J connectivity index is 1.45. The molecular weight excluding hydrogens is 491 g/mol. The monoisotopic (exact) mass is 517 g/mol. The average molecular weight is 518 g/mol. The summed E-state index contributed by atoms with van der Waals surface area (Å²) in [6.07, 6.45) is 1.80. The number of hydrazine groups is 1. The van der Waals surface area contributed by atoms with E-state index in [1.807, 2.05) is 0 Å². The van der Waals surface area contributed by atoms with E-state index in [0.29, 0.717) is 25.6 Å². The Bertz CT molecular complexity index is 1050. The van der Waals surface area contributed by atoms with Crippen molar-refractivity contribution < 1.29 is 17.9 Å². The van der Waals surface area contributed by atoms with E-state index < -0.39 is 17.4 Å². The van der Waals surface area contributed by atoms with Crippen LogP contribution in [0, 0.1) is 11.3 Å². The summed E-state index contributed by atoms with van der Waals surface area (Å²) in [5.74, 6) is 0.298. The SMILES string of the molecule is CN1CNNC1CC1(C2CC(Br)CC(n3cc4c(C(F)(F)F)cccn4c3=O)C2)COC1. The van der Waals surface area contributed by atoms with E-state index in [1.165, 1.54) is 23.0 Å². The van der Waals surface area contributed by atoms with Gasteiger partial charge in [-0.15, -0.1) is 0 Å². The number of imidazole rings is 1. The summed E-state index contributed by atoms with van der Waals surface area (Å²) in [6.45, 7) is 2.10. The van der Waals surface area contributed by atoms with Crippen LogP contribution in [0.15, 0.2) is 29.3 Å². The van der Waals surface area contributed by atoms with Crippen LogP contribution >= 0.6 is 15.9 Å². The maximum atomic E-state index is 13.5. The third-order valence-corrected chi connectivity index (χ3v) is 8.17. The number of rotatable bonds is 4. The van der Waals surface area contributed by atoms with Crippen molar-refractivity contribution in [3.63, 3.8) is 0 Å². The van der Waals surface area contributed by atoms with Gasteiger partial charge in [0.05, 0.1) is 37.1 Å². The maximum absolute atomic E-state index is 13.5. The van der Waals surface area contributed by atoms with Gasteiger partial charge in [-0.2, -0.15) is 13.2 Å². The smallest absolute Gasteiger partial charge is 0.380 e. The number of nitrogens with zero attached hydrogens (tertiary/aromatic N) is 3. The molecule has 0 amide bonds. The van der Waals surface area contributed by atoms with Crippen molar-refractivity contribution >= 4 is 21.4 Å². The summed E-state index contributed by atoms with van der Waals surface area (Å²) in [5, 5.41) is 0. The fraction of sp³-hybridized carbons (Fsp3) is 0.667. The summed E-state index contributed by atoms with van der Waals surface area (Å²) in [4.78, 5) is 15.5. The molecule has 0 spiro atoms. The van der Waals surface area contributed by atoms with Gasteiger partial charge >= 0.3 is 11.9 Å². The van der Waals surface area contributed by atoms with Crippen LogP contribution in [0.3, 0.4) is 0 Å². The van der Waals surface area contributed by atoms with Crippen LogP contribution in [0.5, 0.6) is 0 Å². The zero-order valence-corrected chi connectivity index (χ0v) is 19.3. The molecule has 7 nitrogen and oxygen atoms in total. The summed E-state index contributed by atoms with van der Waals surface area (Å²) in [6, 6.07) is 2.13. The first kappa shape index (κ1) is 22.4. The van der Waals surface area contributed by atoms with Crippen LogP contribution in [-0.2, 0) is 10.9 Å². The van der Waals surface area contributed by atoms with Gasteiger partial charge in [0.1, 0.15) is 0 Å². The normalized spacial score (nSPS) is 31.2. The summed E-state index contributed by atoms with van der Waals surface area (Å²) < 4.78 is 48.8. The van der Waals surface area contributed by atoms with Crippen molar-refractivity contribution in [3.05, 3.63) is 40.6 Å². The van der Waals surface area contributed by atoms with Crippen LogP contribution in [0.1, 0.15) is 37.3 Å². The number of halogens is 4. The highest BCUT2D eigenvalue weighted by molar-refractivity contribution is 9.09. The van der Waals surface area contributed by atoms with Crippen molar-refractivity contribution in [1.82, 2.24) is 24.7 Å². The molecule has 4 atom stereocenters. The fourth-order valence-corrected chi connectivity index (χ4v) is 6.45. The molecule has 32 heavy (non-hydrogen) atoms. The van der Waals surface area contributed by atoms with E-state index in [4.69, 9.17) is 4.74 Å². The number of pyridine rings is 1. The van der Waals surface area contributed by atoms with Gasteiger partial charge in [0.25, 0.3) is 0 Å². The molecule has 4 unspecified atom stereocenters. The molecule has 2 aliphatic heterocycles. The highest BCUT2D eigenvalue weighted by Crippen LogP contribution is 2.50.